The van der Waals surface area contributed by atoms with Crippen molar-refractivity contribution in [3.8, 4) is 0 Å². The second kappa shape index (κ2) is 7.85. The molecule has 24 heavy (non-hydrogen) atoms. The molecular formula is C21H26O2P. The Morgan fingerprint density at radius 2 is 1.62 bits per heavy atom. The zero-order valence-corrected chi connectivity index (χ0v) is 16.1. The van der Waals surface area contributed by atoms with Gasteiger partial charge in [0.15, 0.2) is 5.78 Å². The Morgan fingerprint density at radius 3 is 2.21 bits per heavy atom. The van der Waals surface area contributed by atoms with Gasteiger partial charge in [-0.15, -0.1) is 0 Å². The maximum absolute atomic E-state index is 13.1. The van der Waals surface area contributed by atoms with Crippen LogP contribution in [0, 0.1) is 26.7 Å². The lowest BCUT2D eigenvalue weighted by Crippen LogP contribution is -2.16. The number of benzene rings is 2. The van der Waals surface area contributed by atoms with E-state index in [4.69, 9.17) is 0 Å². The second-order valence-electron chi connectivity index (χ2n) is 6.90. The lowest BCUT2D eigenvalue weighted by molar-refractivity contribution is 0.103. The van der Waals surface area contributed by atoms with Gasteiger partial charge in [-0.3, -0.25) is 9.36 Å². The number of rotatable bonds is 6. The summed E-state index contributed by atoms with van der Waals surface area (Å²) in [5, 5.41) is 0.692. The van der Waals surface area contributed by atoms with Crippen LogP contribution in [0.3, 0.4) is 0 Å². The summed E-state index contributed by atoms with van der Waals surface area (Å²) >= 11 is 0. The van der Waals surface area contributed by atoms with Crippen LogP contribution in [-0.2, 0) is 4.57 Å². The fourth-order valence-electron chi connectivity index (χ4n) is 3.05. The van der Waals surface area contributed by atoms with Crippen molar-refractivity contribution in [2.45, 2.75) is 41.0 Å². The first-order chi connectivity index (χ1) is 11.3. The summed E-state index contributed by atoms with van der Waals surface area (Å²) in [6.45, 7) is 10.2. The minimum absolute atomic E-state index is 0.0199. The molecule has 2 aromatic carbocycles. The number of aryl methyl sites for hydroxylation is 3. The second-order valence-corrected chi connectivity index (χ2v) is 8.59. The van der Waals surface area contributed by atoms with Crippen LogP contribution in [0.25, 0.3) is 0 Å². The van der Waals surface area contributed by atoms with Crippen molar-refractivity contribution < 1.29 is 9.36 Å². The van der Waals surface area contributed by atoms with E-state index >= 15 is 0 Å². The van der Waals surface area contributed by atoms with Crippen LogP contribution >= 0.6 is 7.80 Å². The topological polar surface area (TPSA) is 34.1 Å². The van der Waals surface area contributed by atoms with Crippen LogP contribution < -0.4 is 5.30 Å². The molecule has 0 spiro atoms. The zero-order chi connectivity index (χ0) is 17.9. The fourth-order valence-corrected chi connectivity index (χ4v) is 4.74. The van der Waals surface area contributed by atoms with Crippen LogP contribution in [0.2, 0.25) is 0 Å². The lowest BCUT2D eigenvalue weighted by atomic mass is 9.93. The third-order valence-electron chi connectivity index (χ3n) is 4.23. The predicted molar refractivity (Wildman–Crippen MR) is 102 cm³/mol. The first-order valence-corrected chi connectivity index (χ1v) is 9.92. The van der Waals surface area contributed by atoms with E-state index in [0.717, 1.165) is 28.7 Å². The molecule has 127 valence electrons. The van der Waals surface area contributed by atoms with Crippen molar-refractivity contribution >= 4 is 18.9 Å². The number of carbonyl (C=O) groups excluding carboxylic acids is 1. The highest BCUT2D eigenvalue weighted by molar-refractivity contribution is 7.53. The third-order valence-corrected chi connectivity index (χ3v) is 5.82. The van der Waals surface area contributed by atoms with Gasteiger partial charge in [-0.25, -0.2) is 0 Å². The Hall–Kier alpha value is -1.79. The van der Waals surface area contributed by atoms with Crippen molar-refractivity contribution in [2.24, 2.45) is 5.92 Å². The minimum atomic E-state index is -1.55. The van der Waals surface area contributed by atoms with E-state index in [2.05, 4.69) is 13.8 Å². The Labute approximate surface area is 146 Å². The van der Waals surface area contributed by atoms with Crippen molar-refractivity contribution in [3.63, 3.8) is 0 Å². The number of hydrogen-bond donors (Lipinski definition) is 0. The maximum atomic E-state index is 13.1. The fraction of sp³-hybridized carbons (Fsp3) is 0.381. The van der Waals surface area contributed by atoms with Crippen LogP contribution in [-0.4, -0.2) is 11.9 Å². The summed E-state index contributed by atoms with van der Waals surface area (Å²) in [6, 6.07) is 11.4. The lowest BCUT2D eigenvalue weighted by Gasteiger charge is -2.13. The zero-order valence-electron chi connectivity index (χ0n) is 15.2. The van der Waals surface area contributed by atoms with Gasteiger partial charge in [-0.2, -0.15) is 0 Å². The molecule has 0 fully saturated rings. The molecule has 0 saturated heterocycles. The summed E-state index contributed by atoms with van der Waals surface area (Å²) in [5.74, 6) is 0.488. The molecule has 3 heteroatoms. The molecule has 0 amide bonds. The van der Waals surface area contributed by atoms with Gasteiger partial charge in [0.2, 0.25) is 0 Å². The number of carbonyl (C=O) groups is 1. The third kappa shape index (κ3) is 4.19. The van der Waals surface area contributed by atoms with E-state index < -0.39 is 7.80 Å². The number of hydrogen-bond acceptors (Lipinski definition) is 2. The van der Waals surface area contributed by atoms with Gasteiger partial charge < -0.3 is 0 Å². The number of ketones is 1. The van der Waals surface area contributed by atoms with Gasteiger partial charge >= 0.3 is 0 Å². The van der Waals surface area contributed by atoms with E-state index in [9.17, 15) is 9.36 Å². The molecular weight excluding hydrogens is 315 g/mol. The van der Waals surface area contributed by atoms with Crippen LogP contribution in [0.15, 0.2) is 36.4 Å². The van der Waals surface area contributed by atoms with Gasteiger partial charge in [0.1, 0.15) is 7.80 Å². The van der Waals surface area contributed by atoms with E-state index in [1.54, 1.807) is 6.07 Å². The highest BCUT2D eigenvalue weighted by Gasteiger charge is 2.20. The SMILES string of the molecule is Cc1cc(C)c(C(=O)c2ccccc2[P](=O)CCC(C)C)c(C)c1. The summed E-state index contributed by atoms with van der Waals surface area (Å²) in [6.07, 6.45) is 1.53. The molecule has 0 bridgehead atoms. The van der Waals surface area contributed by atoms with Crippen LogP contribution in [0.1, 0.15) is 52.9 Å². The van der Waals surface area contributed by atoms with Crippen LogP contribution in [0.5, 0.6) is 0 Å². The van der Waals surface area contributed by atoms with Gasteiger partial charge in [0.05, 0.1) is 0 Å². The Bertz CT molecular complexity index is 752. The molecule has 0 saturated carbocycles. The minimum Gasteiger partial charge on any atom is -0.289 e. The predicted octanol–water partition coefficient (Wildman–Crippen LogP) is 5.34. The first kappa shape index (κ1) is 18.5. The summed E-state index contributed by atoms with van der Waals surface area (Å²) in [7, 11) is -1.55. The Morgan fingerprint density at radius 1 is 1.04 bits per heavy atom. The molecule has 0 aromatic heterocycles. The van der Waals surface area contributed by atoms with Crippen molar-refractivity contribution in [2.75, 3.05) is 6.16 Å². The molecule has 2 aromatic rings. The molecule has 0 aliphatic rings. The molecule has 2 rings (SSSR count). The molecule has 2 nitrogen and oxygen atoms in total. The quantitative estimate of drug-likeness (QED) is 0.525. The van der Waals surface area contributed by atoms with Crippen LogP contribution in [0.4, 0.5) is 0 Å². The van der Waals surface area contributed by atoms with Gasteiger partial charge in [0.25, 0.3) is 0 Å². The van der Waals surface area contributed by atoms with Crippen molar-refractivity contribution in [1.82, 2.24) is 0 Å². The molecule has 1 atom stereocenters. The van der Waals surface area contributed by atoms with Crippen molar-refractivity contribution in [1.29, 1.82) is 0 Å². The van der Waals surface area contributed by atoms with E-state index in [1.165, 1.54) is 0 Å². The molecule has 0 heterocycles. The highest BCUT2D eigenvalue weighted by Crippen LogP contribution is 2.27. The molecule has 1 radical (unpaired) electrons. The largest absolute Gasteiger partial charge is 0.289 e. The summed E-state index contributed by atoms with van der Waals surface area (Å²) in [5.41, 5.74) is 4.42. The van der Waals surface area contributed by atoms with Crippen molar-refractivity contribution in [3.05, 3.63) is 64.2 Å². The average molecular weight is 341 g/mol. The first-order valence-electron chi connectivity index (χ1n) is 8.47. The Kier molecular flexibility index (Phi) is 6.07. The van der Waals surface area contributed by atoms with Gasteiger partial charge in [-0.1, -0.05) is 43.7 Å². The summed E-state index contributed by atoms with van der Waals surface area (Å²) < 4.78 is 12.7. The average Bonchev–Trinajstić information content (AvgIpc) is 2.51. The van der Waals surface area contributed by atoms with E-state index in [-0.39, 0.29) is 5.78 Å². The normalized spacial score (nSPS) is 11.7. The highest BCUT2D eigenvalue weighted by atomic mass is 31.1. The van der Waals surface area contributed by atoms with E-state index in [1.807, 2.05) is 51.1 Å². The molecule has 0 aliphatic heterocycles. The molecule has 0 N–H and O–H groups in total. The van der Waals surface area contributed by atoms with E-state index in [0.29, 0.717) is 22.9 Å². The molecule has 1 unspecified atom stereocenters. The Balaban J connectivity index is 2.43. The summed E-state index contributed by atoms with van der Waals surface area (Å²) in [4.78, 5) is 13.1. The smallest absolute Gasteiger partial charge is 0.194 e. The molecule has 0 aliphatic carbocycles. The monoisotopic (exact) mass is 341 g/mol. The van der Waals surface area contributed by atoms with Gasteiger partial charge in [-0.05, 0) is 56.4 Å². The van der Waals surface area contributed by atoms with Gasteiger partial charge in [0, 0.05) is 22.6 Å². The standard InChI is InChI=1S/C21H26O2P/c1-14(2)10-11-24(23)19-9-7-6-8-18(19)21(22)20-16(4)12-15(3)13-17(20)5/h6-9,12-14H,10-11H2,1-5H3. The maximum Gasteiger partial charge on any atom is 0.194 e.